The highest BCUT2D eigenvalue weighted by Crippen LogP contribution is 2.30. The topological polar surface area (TPSA) is 136 Å². The number of benzene rings is 2. The number of amides is 5. The Morgan fingerprint density at radius 3 is 2.40 bits per heavy atom. The van der Waals surface area contributed by atoms with Crippen molar-refractivity contribution in [2.75, 3.05) is 0 Å². The Hall–Kier alpha value is -4.01. The molecule has 2 aliphatic rings. The quantitative estimate of drug-likeness (QED) is 0.703. The highest BCUT2D eigenvalue weighted by Gasteiger charge is 2.44. The van der Waals surface area contributed by atoms with Gasteiger partial charge in [-0.25, -0.2) is 0 Å². The molecule has 0 saturated carbocycles. The second-order valence-corrected chi connectivity index (χ2v) is 7.00. The zero-order chi connectivity index (χ0) is 21.4. The molecule has 0 aliphatic carbocycles. The molecule has 0 radical (unpaired) electrons. The Balaban J connectivity index is 1.49. The molecular formula is C21H17N3O6. The summed E-state index contributed by atoms with van der Waals surface area (Å²) in [5.41, 5.74) is 6.71. The molecule has 9 nitrogen and oxygen atoms in total. The molecule has 0 bridgehead atoms. The van der Waals surface area contributed by atoms with Crippen LogP contribution in [-0.4, -0.2) is 40.5 Å². The molecule has 2 aromatic carbocycles. The maximum absolute atomic E-state index is 12.8. The fourth-order valence-electron chi connectivity index (χ4n) is 3.47. The van der Waals surface area contributed by atoms with Gasteiger partial charge in [-0.15, -0.1) is 0 Å². The molecule has 1 atom stereocenters. The molecule has 3 N–H and O–H groups in total. The second-order valence-electron chi connectivity index (χ2n) is 7.00. The number of hydrogen-bond acceptors (Lipinski definition) is 6. The van der Waals surface area contributed by atoms with E-state index in [0.717, 1.165) is 10.5 Å². The van der Waals surface area contributed by atoms with Gasteiger partial charge in [0.2, 0.25) is 17.7 Å². The number of piperidine rings is 1. The molecule has 0 spiro atoms. The minimum absolute atomic E-state index is 0.0622. The summed E-state index contributed by atoms with van der Waals surface area (Å²) in [5.74, 6) is -2.40. The van der Waals surface area contributed by atoms with Crippen LogP contribution in [0.3, 0.4) is 0 Å². The molecule has 2 heterocycles. The number of hydrogen-bond donors (Lipinski definition) is 2. The number of ether oxygens (including phenoxy) is 1. The van der Waals surface area contributed by atoms with Crippen LogP contribution in [0.2, 0.25) is 0 Å². The van der Waals surface area contributed by atoms with Crippen LogP contribution in [0.1, 0.15) is 49.5 Å². The molecule has 5 amide bonds. The first-order valence-electron chi connectivity index (χ1n) is 9.22. The average molecular weight is 407 g/mol. The fourth-order valence-corrected chi connectivity index (χ4v) is 3.47. The minimum atomic E-state index is -1.01. The van der Waals surface area contributed by atoms with Crippen LogP contribution in [0.15, 0.2) is 42.5 Å². The Labute approximate surface area is 170 Å². The van der Waals surface area contributed by atoms with Gasteiger partial charge in [0.1, 0.15) is 18.4 Å². The standard InChI is InChI=1S/C21H17N3O6/c22-18(26)12-3-1-11(2-4-12)10-30-13-5-6-14-15(9-13)21(29)24(20(14)28)16-7-8-17(25)23-19(16)27/h1-6,9,16H,7-8,10H2,(H2,22,26)(H,23,25,27). The lowest BCUT2D eigenvalue weighted by Crippen LogP contribution is -2.54. The van der Waals surface area contributed by atoms with Crippen molar-refractivity contribution in [3.05, 3.63) is 64.7 Å². The van der Waals surface area contributed by atoms with Crippen molar-refractivity contribution >= 4 is 29.5 Å². The zero-order valence-electron chi connectivity index (χ0n) is 15.7. The van der Waals surface area contributed by atoms with E-state index in [1.165, 1.54) is 12.1 Å². The van der Waals surface area contributed by atoms with E-state index in [1.807, 2.05) is 0 Å². The van der Waals surface area contributed by atoms with Gasteiger partial charge in [0.15, 0.2) is 0 Å². The van der Waals surface area contributed by atoms with E-state index in [9.17, 15) is 24.0 Å². The summed E-state index contributed by atoms with van der Waals surface area (Å²) in [4.78, 5) is 60.9. The predicted molar refractivity (Wildman–Crippen MR) is 102 cm³/mol. The summed E-state index contributed by atoms with van der Waals surface area (Å²) in [6, 6.07) is 10.1. The Morgan fingerprint density at radius 2 is 1.73 bits per heavy atom. The summed E-state index contributed by atoms with van der Waals surface area (Å²) in [6.45, 7) is 0.177. The molecule has 9 heteroatoms. The van der Waals surface area contributed by atoms with Crippen molar-refractivity contribution < 1.29 is 28.7 Å². The van der Waals surface area contributed by atoms with Crippen LogP contribution in [0.25, 0.3) is 0 Å². The van der Waals surface area contributed by atoms with Gasteiger partial charge in [-0.2, -0.15) is 0 Å². The van der Waals surface area contributed by atoms with Gasteiger partial charge in [-0.05, 0) is 42.3 Å². The molecule has 152 valence electrons. The van der Waals surface area contributed by atoms with Crippen molar-refractivity contribution in [1.82, 2.24) is 10.2 Å². The summed E-state index contributed by atoms with van der Waals surface area (Å²) < 4.78 is 5.70. The van der Waals surface area contributed by atoms with Gasteiger partial charge in [0.05, 0.1) is 11.1 Å². The molecule has 2 aromatic rings. The first-order chi connectivity index (χ1) is 14.3. The number of nitrogens with one attached hydrogen (secondary N) is 1. The van der Waals surface area contributed by atoms with Crippen LogP contribution in [0.5, 0.6) is 5.75 Å². The summed E-state index contributed by atoms with van der Waals surface area (Å²) in [7, 11) is 0. The Morgan fingerprint density at radius 1 is 1.03 bits per heavy atom. The van der Waals surface area contributed by atoms with Crippen LogP contribution in [-0.2, 0) is 16.2 Å². The van der Waals surface area contributed by atoms with Crippen LogP contribution >= 0.6 is 0 Å². The van der Waals surface area contributed by atoms with E-state index in [0.29, 0.717) is 11.3 Å². The van der Waals surface area contributed by atoms with Crippen molar-refractivity contribution in [2.24, 2.45) is 5.73 Å². The lowest BCUT2D eigenvalue weighted by Gasteiger charge is -2.27. The number of rotatable bonds is 5. The summed E-state index contributed by atoms with van der Waals surface area (Å²) in [6.07, 6.45) is 0.160. The first kappa shape index (κ1) is 19.3. The maximum atomic E-state index is 12.8. The normalized spacial score (nSPS) is 18.3. The first-order valence-corrected chi connectivity index (χ1v) is 9.22. The van der Waals surface area contributed by atoms with Gasteiger partial charge in [-0.1, -0.05) is 12.1 Å². The molecule has 30 heavy (non-hydrogen) atoms. The number of imide groups is 2. The van der Waals surface area contributed by atoms with E-state index in [1.54, 1.807) is 30.3 Å². The zero-order valence-corrected chi connectivity index (χ0v) is 15.7. The lowest BCUT2D eigenvalue weighted by atomic mass is 10.0. The van der Waals surface area contributed by atoms with E-state index in [2.05, 4.69) is 5.32 Å². The minimum Gasteiger partial charge on any atom is -0.489 e. The second kappa shape index (κ2) is 7.43. The lowest BCUT2D eigenvalue weighted by molar-refractivity contribution is -0.136. The number of carbonyl (C=O) groups excluding carboxylic acids is 5. The van der Waals surface area contributed by atoms with E-state index >= 15 is 0 Å². The van der Waals surface area contributed by atoms with Gasteiger partial charge in [-0.3, -0.25) is 34.2 Å². The van der Waals surface area contributed by atoms with Crippen LogP contribution in [0.4, 0.5) is 0 Å². The van der Waals surface area contributed by atoms with Crippen molar-refractivity contribution in [3.63, 3.8) is 0 Å². The molecule has 0 aromatic heterocycles. The van der Waals surface area contributed by atoms with Gasteiger partial charge < -0.3 is 10.5 Å². The monoisotopic (exact) mass is 407 g/mol. The maximum Gasteiger partial charge on any atom is 0.262 e. The average Bonchev–Trinajstić information content (AvgIpc) is 2.97. The molecule has 4 rings (SSSR count). The predicted octanol–water partition coefficient (Wildman–Crippen LogP) is 0.766. The number of carbonyl (C=O) groups is 5. The third kappa shape index (κ3) is 3.41. The third-order valence-electron chi connectivity index (χ3n) is 5.06. The molecule has 2 aliphatic heterocycles. The van der Waals surface area contributed by atoms with Crippen LogP contribution in [0, 0.1) is 0 Å². The Bertz CT molecular complexity index is 1090. The highest BCUT2D eigenvalue weighted by atomic mass is 16.5. The summed E-state index contributed by atoms with van der Waals surface area (Å²) in [5, 5.41) is 2.16. The smallest absolute Gasteiger partial charge is 0.262 e. The molecule has 1 unspecified atom stereocenters. The number of primary amides is 1. The highest BCUT2D eigenvalue weighted by molar-refractivity contribution is 6.23. The van der Waals surface area contributed by atoms with Crippen molar-refractivity contribution in [1.29, 1.82) is 0 Å². The Kier molecular flexibility index (Phi) is 4.78. The van der Waals surface area contributed by atoms with E-state index in [4.69, 9.17) is 10.5 Å². The van der Waals surface area contributed by atoms with Crippen LogP contribution < -0.4 is 15.8 Å². The number of nitrogens with zero attached hydrogens (tertiary/aromatic N) is 1. The third-order valence-corrected chi connectivity index (χ3v) is 5.06. The van der Waals surface area contributed by atoms with Gasteiger partial charge in [0.25, 0.3) is 11.8 Å². The van der Waals surface area contributed by atoms with Gasteiger partial charge in [0, 0.05) is 12.0 Å². The van der Waals surface area contributed by atoms with E-state index in [-0.39, 0.29) is 30.6 Å². The van der Waals surface area contributed by atoms with Crippen molar-refractivity contribution in [3.8, 4) is 5.75 Å². The number of nitrogens with two attached hydrogens (primary N) is 1. The van der Waals surface area contributed by atoms with Gasteiger partial charge >= 0.3 is 0 Å². The SMILES string of the molecule is NC(=O)c1ccc(COc2ccc3c(c2)C(=O)N(C2CCC(=O)NC2=O)C3=O)cc1. The van der Waals surface area contributed by atoms with E-state index < -0.39 is 35.6 Å². The van der Waals surface area contributed by atoms with Crippen molar-refractivity contribution in [2.45, 2.75) is 25.5 Å². The molecule has 1 fully saturated rings. The largest absolute Gasteiger partial charge is 0.489 e. The number of fused-ring (bicyclic) bond motifs is 1. The molecule has 1 saturated heterocycles. The molecular weight excluding hydrogens is 390 g/mol. The summed E-state index contributed by atoms with van der Waals surface area (Å²) >= 11 is 0. The fraction of sp³-hybridized carbons (Fsp3) is 0.190.